The van der Waals surface area contributed by atoms with Crippen LogP contribution >= 0.6 is 0 Å². The molecule has 3 heterocycles. The Kier molecular flexibility index (Phi) is 5.43. The van der Waals surface area contributed by atoms with Crippen LogP contribution in [0.2, 0.25) is 0 Å². The monoisotopic (exact) mass is 420 g/mol. The predicted octanol–water partition coefficient (Wildman–Crippen LogP) is 3.43. The molecule has 1 aliphatic heterocycles. The Labute approximate surface area is 182 Å². The number of anilines is 1. The Balaban J connectivity index is 1.64. The third-order valence-corrected chi connectivity index (χ3v) is 6.25. The van der Waals surface area contributed by atoms with Crippen LogP contribution in [-0.2, 0) is 16.1 Å². The van der Waals surface area contributed by atoms with Crippen LogP contribution in [0, 0.1) is 33.6 Å². The Hall–Kier alpha value is -3.35. The number of methoxy groups -OCH3 is 1. The number of hydrogen-bond donors (Lipinski definition) is 1. The summed E-state index contributed by atoms with van der Waals surface area (Å²) in [6, 6.07) is 8.13. The molecule has 31 heavy (non-hydrogen) atoms. The smallest absolute Gasteiger partial charge is 0.312 e. The molecule has 1 saturated heterocycles. The zero-order valence-corrected chi connectivity index (χ0v) is 18.7. The summed E-state index contributed by atoms with van der Waals surface area (Å²) in [7, 11) is 1.37. The van der Waals surface area contributed by atoms with Crippen molar-refractivity contribution in [3.63, 3.8) is 0 Å². The molecule has 0 saturated carbocycles. The summed E-state index contributed by atoms with van der Waals surface area (Å²) in [4.78, 5) is 31.1. The molecule has 0 bridgehead atoms. The van der Waals surface area contributed by atoms with Crippen molar-refractivity contribution in [1.29, 1.82) is 0 Å². The first kappa shape index (κ1) is 20.9. The second kappa shape index (κ2) is 8.06. The fraction of sp³-hybridized carbons (Fsp3) is 0.375. The first-order valence-electron chi connectivity index (χ1n) is 10.5. The van der Waals surface area contributed by atoms with Crippen LogP contribution < -0.4 is 5.32 Å². The van der Waals surface area contributed by atoms with E-state index in [-0.39, 0.29) is 17.8 Å². The maximum atomic E-state index is 13.1. The van der Waals surface area contributed by atoms with Crippen molar-refractivity contribution in [1.82, 2.24) is 14.3 Å². The second-order valence-corrected chi connectivity index (χ2v) is 8.27. The van der Waals surface area contributed by atoms with Gasteiger partial charge in [-0.1, -0.05) is 18.2 Å². The molecule has 7 heteroatoms. The van der Waals surface area contributed by atoms with E-state index in [0.717, 1.165) is 22.7 Å². The summed E-state index contributed by atoms with van der Waals surface area (Å²) in [5.41, 5.74) is 7.79. The van der Waals surface area contributed by atoms with Gasteiger partial charge < -0.3 is 19.4 Å². The number of likely N-dealkylation sites (tertiary alicyclic amines) is 1. The fourth-order valence-corrected chi connectivity index (χ4v) is 4.07. The van der Waals surface area contributed by atoms with Gasteiger partial charge in [0.2, 0.25) is 0 Å². The van der Waals surface area contributed by atoms with Gasteiger partial charge in [0, 0.05) is 31.5 Å². The normalized spacial score (nSPS) is 13.9. The van der Waals surface area contributed by atoms with E-state index in [1.54, 1.807) is 4.90 Å². The average molecular weight is 421 g/mol. The highest BCUT2D eigenvalue weighted by molar-refractivity contribution is 5.97. The molecule has 1 aromatic carbocycles. The number of carbonyl (C=O) groups is 2. The number of benzene rings is 1. The number of ether oxygens (including phenoxy) is 1. The molecular weight excluding hydrogens is 392 g/mol. The standard InChI is InChI=1S/C24H28N4O3/c1-14-7-6-8-15(2)20(14)10-25-21-9-18(13-28-17(4)16(3)26-22(21)28)23(29)27-11-19(12-27)24(30)31-5/h6-9,13,19,25H,10-12H2,1-5H3. The van der Waals surface area contributed by atoms with Crippen molar-refractivity contribution >= 4 is 23.2 Å². The van der Waals surface area contributed by atoms with Gasteiger partial charge >= 0.3 is 5.97 Å². The van der Waals surface area contributed by atoms with Crippen molar-refractivity contribution in [3.8, 4) is 0 Å². The van der Waals surface area contributed by atoms with Crippen LogP contribution in [0.25, 0.3) is 5.65 Å². The molecule has 1 N–H and O–H groups in total. The molecule has 0 radical (unpaired) electrons. The van der Waals surface area contributed by atoms with Gasteiger partial charge in [0.15, 0.2) is 5.65 Å². The van der Waals surface area contributed by atoms with Crippen molar-refractivity contribution < 1.29 is 14.3 Å². The SMILES string of the molecule is COC(=O)C1CN(C(=O)c2cc(NCc3c(C)cccc3C)c3nc(C)c(C)n3c2)C1. The lowest BCUT2D eigenvalue weighted by Crippen LogP contribution is -2.53. The minimum Gasteiger partial charge on any atom is -0.469 e. The highest BCUT2D eigenvalue weighted by Gasteiger charge is 2.37. The summed E-state index contributed by atoms with van der Waals surface area (Å²) in [6.07, 6.45) is 1.84. The van der Waals surface area contributed by atoms with Crippen LogP contribution in [-0.4, -0.2) is 46.4 Å². The minimum absolute atomic E-state index is 0.0945. The third-order valence-electron chi connectivity index (χ3n) is 6.25. The number of esters is 1. The van der Waals surface area contributed by atoms with Crippen molar-refractivity contribution in [2.75, 3.05) is 25.5 Å². The summed E-state index contributed by atoms with van der Waals surface area (Å²) >= 11 is 0. The molecule has 1 amide bonds. The summed E-state index contributed by atoms with van der Waals surface area (Å²) in [5, 5.41) is 3.50. The number of fused-ring (bicyclic) bond motifs is 1. The number of nitrogens with zero attached hydrogens (tertiary/aromatic N) is 3. The number of carbonyl (C=O) groups excluding carboxylic acids is 2. The molecule has 1 aliphatic rings. The number of rotatable bonds is 5. The van der Waals surface area contributed by atoms with Gasteiger partial charge in [-0.15, -0.1) is 0 Å². The number of hydrogen-bond acceptors (Lipinski definition) is 5. The van der Waals surface area contributed by atoms with Gasteiger partial charge in [-0.05, 0) is 50.5 Å². The maximum Gasteiger partial charge on any atom is 0.312 e. The van der Waals surface area contributed by atoms with E-state index in [1.807, 2.05) is 30.5 Å². The summed E-state index contributed by atoms with van der Waals surface area (Å²) in [5.74, 6) is -0.601. The number of imidazole rings is 1. The Morgan fingerprint density at radius 3 is 2.48 bits per heavy atom. The second-order valence-electron chi connectivity index (χ2n) is 8.27. The largest absolute Gasteiger partial charge is 0.469 e. The minimum atomic E-state index is -0.267. The van der Waals surface area contributed by atoms with Gasteiger partial charge in [-0.2, -0.15) is 0 Å². The van der Waals surface area contributed by atoms with Crippen molar-refractivity contribution in [3.05, 3.63) is 64.1 Å². The number of nitrogens with one attached hydrogen (secondary N) is 1. The molecule has 0 spiro atoms. The molecule has 162 valence electrons. The van der Waals surface area contributed by atoms with Crippen molar-refractivity contribution in [2.24, 2.45) is 5.92 Å². The first-order valence-corrected chi connectivity index (χ1v) is 10.5. The van der Waals surface area contributed by atoms with Crippen LogP contribution in [0.4, 0.5) is 5.69 Å². The van der Waals surface area contributed by atoms with E-state index in [0.29, 0.717) is 25.2 Å². The molecule has 2 aromatic heterocycles. The highest BCUT2D eigenvalue weighted by atomic mass is 16.5. The molecule has 0 aliphatic carbocycles. The Morgan fingerprint density at radius 1 is 1.16 bits per heavy atom. The fourth-order valence-electron chi connectivity index (χ4n) is 4.07. The van der Waals surface area contributed by atoms with E-state index < -0.39 is 0 Å². The molecular formula is C24H28N4O3. The van der Waals surface area contributed by atoms with Gasteiger partial charge in [0.1, 0.15) is 0 Å². The summed E-state index contributed by atoms with van der Waals surface area (Å²) in [6.45, 7) is 9.58. The third kappa shape index (κ3) is 3.76. The maximum absolute atomic E-state index is 13.1. The highest BCUT2D eigenvalue weighted by Crippen LogP contribution is 2.26. The van der Waals surface area contributed by atoms with Crippen LogP contribution in [0.5, 0.6) is 0 Å². The lowest BCUT2D eigenvalue weighted by atomic mass is 9.99. The zero-order chi connectivity index (χ0) is 22.3. The summed E-state index contributed by atoms with van der Waals surface area (Å²) < 4.78 is 6.74. The quantitative estimate of drug-likeness (QED) is 0.640. The van der Waals surface area contributed by atoms with Crippen LogP contribution in [0.15, 0.2) is 30.5 Å². The Morgan fingerprint density at radius 2 is 1.84 bits per heavy atom. The van der Waals surface area contributed by atoms with E-state index in [4.69, 9.17) is 9.72 Å². The zero-order valence-electron chi connectivity index (χ0n) is 18.7. The van der Waals surface area contributed by atoms with E-state index >= 15 is 0 Å². The molecule has 0 atom stereocenters. The number of amides is 1. The van der Waals surface area contributed by atoms with Crippen LogP contribution in [0.1, 0.15) is 38.4 Å². The molecule has 4 rings (SSSR count). The van der Waals surface area contributed by atoms with Gasteiger partial charge in [0.25, 0.3) is 5.91 Å². The Bertz CT molecular complexity index is 1160. The number of aryl methyl sites for hydroxylation is 4. The van der Waals surface area contributed by atoms with Crippen molar-refractivity contribution in [2.45, 2.75) is 34.2 Å². The molecule has 0 unspecified atom stereocenters. The molecule has 7 nitrogen and oxygen atoms in total. The molecule has 1 fully saturated rings. The first-order chi connectivity index (χ1) is 14.8. The van der Waals surface area contributed by atoms with E-state index in [1.165, 1.54) is 23.8 Å². The van der Waals surface area contributed by atoms with Crippen LogP contribution in [0.3, 0.4) is 0 Å². The van der Waals surface area contributed by atoms with E-state index in [9.17, 15) is 9.59 Å². The lowest BCUT2D eigenvalue weighted by Gasteiger charge is -2.37. The lowest BCUT2D eigenvalue weighted by molar-refractivity contribution is -0.149. The predicted molar refractivity (Wildman–Crippen MR) is 119 cm³/mol. The molecule has 3 aromatic rings. The van der Waals surface area contributed by atoms with Gasteiger partial charge in [0.05, 0.1) is 30.0 Å². The van der Waals surface area contributed by atoms with Gasteiger partial charge in [-0.25, -0.2) is 4.98 Å². The number of aromatic nitrogens is 2. The van der Waals surface area contributed by atoms with E-state index in [2.05, 4.69) is 37.4 Å². The van der Waals surface area contributed by atoms with Gasteiger partial charge in [-0.3, -0.25) is 9.59 Å². The topological polar surface area (TPSA) is 75.9 Å². The number of pyridine rings is 1. The average Bonchev–Trinajstić information content (AvgIpc) is 3.00.